The van der Waals surface area contributed by atoms with E-state index in [0.29, 0.717) is 10.9 Å². The number of benzene rings is 1. The Bertz CT molecular complexity index is 583. The third-order valence-electron chi connectivity index (χ3n) is 4.08. The van der Waals surface area contributed by atoms with E-state index >= 15 is 0 Å². The molecule has 118 valence electrons. The summed E-state index contributed by atoms with van der Waals surface area (Å²) in [6, 6.07) is 4.52. The Hall–Kier alpha value is -0.290. The van der Waals surface area contributed by atoms with Crippen LogP contribution in [0.15, 0.2) is 23.1 Å². The molecule has 0 aromatic heterocycles. The number of hydrogen-bond acceptors (Lipinski definition) is 3. The smallest absolute Gasteiger partial charge is 0.179 e. The zero-order valence-electron chi connectivity index (χ0n) is 12.1. The number of hydrogen-bond donors (Lipinski definition) is 1. The molecule has 1 aliphatic carbocycles. The Kier molecular flexibility index (Phi) is 5.95. The van der Waals surface area contributed by atoms with Crippen LogP contribution in [-0.4, -0.2) is 26.8 Å². The van der Waals surface area contributed by atoms with Gasteiger partial charge in [0, 0.05) is 6.04 Å². The van der Waals surface area contributed by atoms with Gasteiger partial charge in [0.25, 0.3) is 0 Å². The highest BCUT2D eigenvalue weighted by molar-refractivity contribution is 7.91. The number of rotatable bonds is 6. The first-order chi connectivity index (χ1) is 9.94. The molecule has 1 saturated carbocycles. The van der Waals surface area contributed by atoms with E-state index in [1.807, 2.05) is 6.92 Å². The van der Waals surface area contributed by atoms with E-state index in [1.165, 1.54) is 31.0 Å². The highest BCUT2D eigenvalue weighted by Crippen LogP contribution is 2.30. The molecular weight excluding hydrogens is 329 g/mol. The van der Waals surface area contributed by atoms with Crippen LogP contribution in [0.4, 0.5) is 0 Å². The van der Waals surface area contributed by atoms with E-state index in [0.717, 1.165) is 19.4 Å². The van der Waals surface area contributed by atoms with E-state index < -0.39 is 9.84 Å². The summed E-state index contributed by atoms with van der Waals surface area (Å²) in [6.45, 7) is 2.78. The SMILES string of the molecule is CCNC(CS(=O)(=O)c1ccc(Cl)c(Cl)c1)C1CCCC1. The van der Waals surface area contributed by atoms with Crippen molar-refractivity contribution in [3.05, 3.63) is 28.2 Å². The summed E-state index contributed by atoms with van der Waals surface area (Å²) >= 11 is 11.8. The van der Waals surface area contributed by atoms with E-state index in [-0.39, 0.29) is 21.7 Å². The van der Waals surface area contributed by atoms with Gasteiger partial charge in [-0.2, -0.15) is 0 Å². The lowest BCUT2D eigenvalue weighted by Gasteiger charge is -2.24. The van der Waals surface area contributed by atoms with Crippen LogP contribution in [0.25, 0.3) is 0 Å². The lowest BCUT2D eigenvalue weighted by molar-refractivity contribution is 0.389. The maximum atomic E-state index is 12.6. The van der Waals surface area contributed by atoms with Crippen LogP contribution in [0.1, 0.15) is 32.6 Å². The normalized spacial score (nSPS) is 18.0. The van der Waals surface area contributed by atoms with Gasteiger partial charge in [-0.15, -0.1) is 0 Å². The van der Waals surface area contributed by atoms with Crippen molar-refractivity contribution in [2.45, 2.75) is 43.5 Å². The highest BCUT2D eigenvalue weighted by atomic mass is 35.5. The first kappa shape index (κ1) is 17.1. The predicted molar refractivity (Wildman–Crippen MR) is 87.9 cm³/mol. The molecule has 21 heavy (non-hydrogen) atoms. The first-order valence-electron chi connectivity index (χ1n) is 7.35. The lowest BCUT2D eigenvalue weighted by Crippen LogP contribution is -2.40. The molecule has 1 aromatic rings. The average Bonchev–Trinajstić information content (AvgIpc) is 2.95. The second-order valence-corrected chi connectivity index (χ2v) is 8.41. The second kappa shape index (κ2) is 7.32. The van der Waals surface area contributed by atoms with Crippen LogP contribution in [0.2, 0.25) is 10.0 Å². The van der Waals surface area contributed by atoms with E-state index in [4.69, 9.17) is 23.2 Å². The zero-order valence-corrected chi connectivity index (χ0v) is 14.4. The quantitative estimate of drug-likeness (QED) is 0.845. The molecule has 6 heteroatoms. The van der Waals surface area contributed by atoms with Crippen LogP contribution in [0.3, 0.4) is 0 Å². The summed E-state index contributed by atoms with van der Waals surface area (Å²) in [5.41, 5.74) is 0. The summed E-state index contributed by atoms with van der Waals surface area (Å²) in [4.78, 5) is 0.248. The number of sulfone groups is 1. The monoisotopic (exact) mass is 349 g/mol. The fraction of sp³-hybridized carbons (Fsp3) is 0.600. The topological polar surface area (TPSA) is 46.2 Å². The molecule has 3 nitrogen and oxygen atoms in total. The van der Waals surface area contributed by atoms with E-state index in [2.05, 4.69) is 5.32 Å². The maximum Gasteiger partial charge on any atom is 0.179 e. The van der Waals surface area contributed by atoms with Crippen molar-refractivity contribution in [2.24, 2.45) is 5.92 Å². The van der Waals surface area contributed by atoms with Crippen LogP contribution in [0.5, 0.6) is 0 Å². The molecule has 0 bridgehead atoms. The van der Waals surface area contributed by atoms with Gasteiger partial charge in [-0.25, -0.2) is 8.42 Å². The summed E-state index contributed by atoms with van der Waals surface area (Å²) in [6.07, 6.45) is 4.60. The molecule has 0 spiro atoms. The van der Waals surface area contributed by atoms with Crippen LogP contribution < -0.4 is 5.32 Å². The molecule has 1 atom stereocenters. The van der Waals surface area contributed by atoms with E-state index in [9.17, 15) is 8.42 Å². The molecule has 1 aliphatic rings. The Morgan fingerprint density at radius 1 is 1.24 bits per heavy atom. The van der Waals surface area contributed by atoms with Crippen molar-refractivity contribution in [1.82, 2.24) is 5.32 Å². The minimum Gasteiger partial charge on any atom is -0.313 e. The van der Waals surface area contributed by atoms with Crippen molar-refractivity contribution in [3.8, 4) is 0 Å². The van der Waals surface area contributed by atoms with Crippen molar-refractivity contribution in [1.29, 1.82) is 0 Å². The number of nitrogens with one attached hydrogen (secondary N) is 1. The summed E-state index contributed by atoms with van der Waals surface area (Å²) in [7, 11) is -3.36. The van der Waals surface area contributed by atoms with E-state index in [1.54, 1.807) is 0 Å². The van der Waals surface area contributed by atoms with Gasteiger partial charge in [0.05, 0.1) is 20.7 Å². The van der Waals surface area contributed by atoms with Gasteiger partial charge in [0.2, 0.25) is 0 Å². The molecule has 0 heterocycles. The third-order valence-corrected chi connectivity index (χ3v) is 6.59. The molecular formula is C15H21Cl2NO2S. The van der Waals surface area contributed by atoms with Crippen LogP contribution >= 0.6 is 23.2 Å². The van der Waals surface area contributed by atoms with Gasteiger partial charge < -0.3 is 5.32 Å². The van der Waals surface area contributed by atoms with Gasteiger partial charge in [-0.3, -0.25) is 0 Å². The summed E-state index contributed by atoms with van der Waals surface area (Å²) in [5.74, 6) is 0.561. The molecule has 0 aliphatic heterocycles. The fourth-order valence-corrected chi connectivity index (χ4v) is 4.98. The minimum atomic E-state index is -3.36. The molecule has 1 N–H and O–H groups in total. The second-order valence-electron chi connectivity index (χ2n) is 5.57. The summed E-state index contributed by atoms with van der Waals surface area (Å²) in [5, 5.41) is 3.98. The molecule has 1 fully saturated rings. The Morgan fingerprint density at radius 2 is 1.90 bits per heavy atom. The predicted octanol–water partition coefficient (Wildman–Crippen LogP) is 3.94. The van der Waals surface area contributed by atoms with Gasteiger partial charge in [-0.05, 0) is 43.5 Å². The minimum absolute atomic E-state index is 0.0111. The van der Waals surface area contributed by atoms with Gasteiger partial charge in [-0.1, -0.05) is 43.0 Å². The molecule has 0 radical (unpaired) electrons. The fourth-order valence-electron chi connectivity index (χ4n) is 2.99. The zero-order chi connectivity index (χ0) is 15.5. The molecule has 1 unspecified atom stereocenters. The molecule has 0 amide bonds. The van der Waals surface area contributed by atoms with Crippen molar-refractivity contribution in [2.75, 3.05) is 12.3 Å². The maximum absolute atomic E-state index is 12.6. The Morgan fingerprint density at radius 3 is 2.48 bits per heavy atom. The molecule has 0 saturated heterocycles. The standard InChI is InChI=1S/C15H21Cl2NO2S/c1-2-18-15(11-5-3-4-6-11)10-21(19,20)12-7-8-13(16)14(17)9-12/h7-9,11,15,18H,2-6,10H2,1H3. The van der Waals surface area contributed by atoms with Crippen LogP contribution in [0, 0.1) is 5.92 Å². The van der Waals surface area contributed by atoms with Gasteiger partial charge >= 0.3 is 0 Å². The largest absolute Gasteiger partial charge is 0.313 e. The van der Waals surface area contributed by atoms with Crippen molar-refractivity contribution in [3.63, 3.8) is 0 Å². The first-order valence-corrected chi connectivity index (χ1v) is 9.76. The van der Waals surface area contributed by atoms with Crippen molar-refractivity contribution < 1.29 is 8.42 Å². The Labute approximate surface area is 136 Å². The number of halogens is 2. The summed E-state index contributed by atoms with van der Waals surface area (Å²) < 4.78 is 25.2. The molecule has 2 rings (SSSR count). The Balaban J connectivity index is 2.18. The van der Waals surface area contributed by atoms with Gasteiger partial charge in [0.1, 0.15) is 0 Å². The van der Waals surface area contributed by atoms with Crippen molar-refractivity contribution >= 4 is 33.0 Å². The average molecular weight is 350 g/mol. The van der Waals surface area contributed by atoms with Crippen LogP contribution in [-0.2, 0) is 9.84 Å². The third kappa shape index (κ3) is 4.35. The molecule has 1 aromatic carbocycles. The van der Waals surface area contributed by atoms with Gasteiger partial charge in [0.15, 0.2) is 9.84 Å². The highest BCUT2D eigenvalue weighted by Gasteiger charge is 2.29. The lowest BCUT2D eigenvalue weighted by atomic mass is 10.00.